The molecule has 0 aliphatic heterocycles. The third-order valence-electron chi connectivity index (χ3n) is 6.27. The van der Waals surface area contributed by atoms with Crippen LogP contribution in [0.4, 0.5) is 11.4 Å². The van der Waals surface area contributed by atoms with Crippen molar-refractivity contribution in [1.82, 2.24) is 4.98 Å². The smallest absolute Gasteiger partial charge is 0.131 e. The average Bonchev–Trinajstić information content (AvgIpc) is 3.36. The molecule has 0 unspecified atom stereocenters. The number of hydrogen-bond donors (Lipinski definition) is 0. The Morgan fingerprint density at radius 3 is 2.58 bits per heavy atom. The predicted octanol–water partition coefficient (Wildman–Crippen LogP) is 7.25. The molecule has 33 heavy (non-hydrogen) atoms. The number of pyridine rings is 1. The van der Waals surface area contributed by atoms with Crippen molar-refractivity contribution in [2.45, 2.75) is 32.1 Å². The maximum Gasteiger partial charge on any atom is 0.131 e. The molecule has 0 bridgehead atoms. The van der Waals surface area contributed by atoms with Gasteiger partial charge in [-0.25, -0.2) is 0 Å². The molecule has 0 saturated heterocycles. The number of thiophene rings is 1. The first-order chi connectivity index (χ1) is 16.0. The molecule has 0 N–H and O–H groups in total. The van der Waals surface area contributed by atoms with Crippen molar-refractivity contribution in [2.24, 2.45) is 0 Å². The van der Waals surface area contributed by atoms with Crippen LogP contribution in [0.5, 0.6) is 0 Å². The molecule has 3 aromatic rings. The lowest BCUT2D eigenvalue weighted by molar-refractivity contribution is 0.660. The number of benzene rings is 1. The summed E-state index contributed by atoms with van der Waals surface area (Å²) in [6.45, 7) is 4.43. The highest BCUT2D eigenvalue weighted by Gasteiger charge is 2.39. The normalized spacial score (nSPS) is 15.0. The van der Waals surface area contributed by atoms with Gasteiger partial charge in [-0.1, -0.05) is 44.2 Å². The van der Waals surface area contributed by atoms with Crippen LogP contribution in [0.2, 0.25) is 0 Å². The molecule has 0 spiro atoms. The van der Waals surface area contributed by atoms with E-state index in [2.05, 4.69) is 73.4 Å². The molecular formula is C28H22N4S. The summed E-state index contributed by atoms with van der Waals surface area (Å²) in [5.41, 5.74) is 6.71. The molecule has 0 saturated carbocycles. The quantitative estimate of drug-likeness (QED) is 0.396. The zero-order valence-electron chi connectivity index (χ0n) is 18.5. The van der Waals surface area contributed by atoms with E-state index >= 15 is 0 Å². The fourth-order valence-corrected chi connectivity index (χ4v) is 5.84. The van der Waals surface area contributed by atoms with Crippen LogP contribution in [-0.2, 0) is 5.41 Å². The standard InChI is InChI=1S/C28H22N4S/c1-28(2)24-14-22(32(20-9-5-3-6-10-20)21-11-7-4-8-12-21)18-31-26(24)27-25(28)15-23(33-27)13-19(16-29)17-30/h3-7,9-11,13-15,18H,8,12H2,1-2H3. The van der Waals surface area contributed by atoms with E-state index in [4.69, 9.17) is 15.5 Å². The van der Waals surface area contributed by atoms with Crippen LogP contribution in [-0.4, -0.2) is 4.98 Å². The van der Waals surface area contributed by atoms with Crippen LogP contribution < -0.4 is 4.90 Å². The van der Waals surface area contributed by atoms with E-state index in [1.165, 1.54) is 16.8 Å². The molecule has 2 aromatic heterocycles. The lowest BCUT2D eigenvalue weighted by Gasteiger charge is -2.30. The van der Waals surface area contributed by atoms with Gasteiger partial charge >= 0.3 is 0 Å². The minimum absolute atomic E-state index is 0.115. The highest BCUT2D eigenvalue weighted by atomic mass is 32.1. The highest BCUT2D eigenvalue weighted by molar-refractivity contribution is 7.16. The van der Waals surface area contributed by atoms with Gasteiger partial charge in [-0.3, -0.25) is 4.98 Å². The fraction of sp³-hybridized carbons (Fsp3) is 0.179. The molecule has 5 heteroatoms. The van der Waals surface area contributed by atoms with E-state index < -0.39 is 0 Å². The van der Waals surface area contributed by atoms with Crippen molar-refractivity contribution < 1.29 is 0 Å². The number of rotatable bonds is 4. The van der Waals surface area contributed by atoms with Gasteiger partial charge in [0.1, 0.15) is 17.7 Å². The Morgan fingerprint density at radius 1 is 1.09 bits per heavy atom. The minimum Gasteiger partial charge on any atom is -0.313 e. The molecule has 160 valence electrons. The number of hydrogen-bond acceptors (Lipinski definition) is 5. The van der Waals surface area contributed by atoms with E-state index in [0.717, 1.165) is 39.7 Å². The average molecular weight is 447 g/mol. The number of nitrogens with zero attached hydrogens (tertiary/aromatic N) is 4. The molecular weight excluding hydrogens is 424 g/mol. The number of para-hydroxylation sites is 1. The molecule has 2 aliphatic rings. The Bertz CT molecular complexity index is 1390. The molecule has 1 aromatic carbocycles. The Kier molecular flexibility index (Phi) is 5.21. The first-order valence-corrected chi connectivity index (χ1v) is 11.7. The molecule has 0 fully saturated rings. The van der Waals surface area contributed by atoms with Crippen molar-refractivity contribution >= 4 is 28.8 Å². The van der Waals surface area contributed by atoms with E-state index in [9.17, 15) is 0 Å². The molecule has 2 aliphatic carbocycles. The Balaban J connectivity index is 1.62. The molecule has 0 atom stereocenters. The van der Waals surface area contributed by atoms with Gasteiger partial charge in [-0.15, -0.1) is 11.3 Å². The largest absolute Gasteiger partial charge is 0.313 e. The zero-order chi connectivity index (χ0) is 23.0. The van der Waals surface area contributed by atoms with Gasteiger partial charge in [-0.2, -0.15) is 10.5 Å². The van der Waals surface area contributed by atoms with Gasteiger partial charge in [0.05, 0.1) is 22.5 Å². The van der Waals surface area contributed by atoms with Gasteiger partial charge in [0.15, 0.2) is 0 Å². The summed E-state index contributed by atoms with van der Waals surface area (Å²) in [6, 6.07) is 18.7. The van der Waals surface area contributed by atoms with Crippen LogP contribution in [0.1, 0.15) is 42.7 Å². The SMILES string of the molecule is CC1(C)c2cc(N(C3=CC=CCC3)c3ccccc3)cnc2-c2sc(C=C(C#N)C#N)cc21. The summed E-state index contributed by atoms with van der Waals surface area (Å²) >= 11 is 1.59. The van der Waals surface area contributed by atoms with Crippen LogP contribution >= 0.6 is 11.3 Å². The highest BCUT2D eigenvalue weighted by Crippen LogP contribution is 2.52. The van der Waals surface area contributed by atoms with E-state index in [-0.39, 0.29) is 11.0 Å². The van der Waals surface area contributed by atoms with Gasteiger partial charge in [-0.05, 0) is 60.4 Å². The van der Waals surface area contributed by atoms with Crippen molar-refractivity contribution in [3.63, 3.8) is 0 Å². The van der Waals surface area contributed by atoms with Gasteiger partial charge in [0, 0.05) is 21.7 Å². The van der Waals surface area contributed by atoms with Crippen molar-refractivity contribution in [3.8, 4) is 22.7 Å². The van der Waals surface area contributed by atoms with E-state index in [1.807, 2.05) is 24.4 Å². The summed E-state index contributed by atoms with van der Waals surface area (Å²) in [5.74, 6) is 0. The first-order valence-electron chi connectivity index (χ1n) is 10.9. The maximum absolute atomic E-state index is 9.12. The second-order valence-corrected chi connectivity index (χ2v) is 9.77. The topological polar surface area (TPSA) is 63.7 Å². The predicted molar refractivity (Wildman–Crippen MR) is 134 cm³/mol. The van der Waals surface area contributed by atoms with Gasteiger partial charge < -0.3 is 4.90 Å². The number of allylic oxidation sites excluding steroid dienone is 5. The van der Waals surface area contributed by atoms with Crippen LogP contribution in [0.3, 0.4) is 0 Å². The lowest BCUT2D eigenvalue weighted by atomic mass is 9.83. The summed E-state index contributed by atoms with van der Waals surface area (Å²) in [6.07, 6.45) is 12.1. The van der Waals surface area contributed by atoms with Crippen LogP contribution in [0.25, 0.3) is 16.6 Å². The van der Waals surface area contributed by atoms with E-state index in [1.54, 1.807) is 17.4 Å². The summed E-state index contributed by atoms with van der Waals surface area (Å²) < 4.78 is 0. The fourth-order valence-electron chi connectivity index (χ4n) is 4.57. The second kappa shape index (κ2) is 8.20. The number of anilines is 2. The molecule has 4 nitrogen and oxygen atoms in total. The second-order valence-electron chi connectivity index (χ2n) is 8.68. The minimum atomic E-state index is -0.223. The number of fused-ring (bicyclic) bond motifs is 3. The van der Waals surface area contributed by atoms with Crippen LogP contribution in [0.15, 0.2) is 78.2 Å². The molecule has 5 rings (SSSR count). The van der Waals surface area contributed by atoms with Crippen molar-refractivity contribution in [2.75, 3.05) is 4.90 Å². The summed E-state index contributed by atoms with van der Waals surface area (Å²) in [7, 11) is 0. The molecule has 0 radical (unpaired) electrons. The third kappa shape index (κ3) is 3.57. The number of nitriles is 2. The lowest BCUT2D eigenvalue weighted by Crippen LogP contribution is -2.20. The summed E-state index contributed by atoms with van der Waals surface area (Å²) in [5, 5.41) is 18.2. The van der Waals surface area contributed by atoms with Crippen molar-refractivity contribution in [1.29, 1.82) is 10.5 Å². The summed E-state index contributed by atoms with van der Waals surface area (Å²) in [4.78, 5) is 9.28. The third-order valence-corrected chi connectivity index (χ3v) is 7.35. The van der Waals surface area contributed by atoms with Crippen molar-refractivity contribution in [3.05, 3.63) is 94.2 Å². The van der Waals surface area contributed by atoms with Gasteiger partial charge in [0.25, 0.3) is 0 Å². The maximum atomic E-state index is 9.12. The number of aromatic nitrogens is 1. The Morgan fingerprint density at radius 2 is 1.88 bits per heavy atom. The van der Waals surface area contributed by atoms with E-state index in [0.29, 0.717) is 0 Å². The molecule has 2 heterocycles. The zero-order valence-corrected chi connectivity index (χ0v) is 19.4. The Labute approximate surface area is 198 Å². The van der Waals surface area contributed by atoms with Crippen LogP contribution in [0, 0.1) is 22.7 Å². The molecule has 0 amide bonds. The first kappa shape index (κ1) is 20.9. The monoisotopic (exact) mass is 446 g/mol. The Hall–Kier alpha value is -3.93. The van der Waals surface area contributed by atoms with Gasteiger partial charge in [0.2, 0.25) is 0 Å².